The average molecular weight is 400 g/mol. The number of nitrogens with one attached hydrogen (secondary N) is 1. The van der Waals surface area contributed by atoms with E-state index >= 15 is 0 Å². The van der Waals surface area contributed by atoms with Crippen LogP contribution in [0.15, 0.2) is 59.5 Å². The van der Waals surface area contributed by atoms with Crippen molar-refractivity contribution in [3.8, 4) is 0 Å². The van der Waals surface area contributed by atoms with Crippen LogP contribution in [-0.2, 0) is 26.2 Å². The highest BCUT2D eigenvalue weighted by Gasteiger charge is 2.45. The molecule has 1 saturated heterocycles. The highest BCUT2D eigenvalue weighted by atomic mass is 35.5. The molecule has 1 N–H and O–H groups in total. The average Bonchev–Trinajstić information content (AvgIpc) is 2.91. The predicted octanol–water partition coefficient (Wildman–Crippen LogP) is 2.07. The monoisotopic (exact) mass is 399 g/mol. The maximum atomic E-state index is 12.9. The molecule has 0 saturated carbocycles. The third-order valence-electron chi connectivity index (χ3n) is 4.25. The third-order valence-corrected chi connectivity index (χ3v) is 8.67. The number of benzene rings is 2. The summed E-state index contributed by atoms with van der Waals surface area (Å²) in [4.78, 5) is 0.149. The zero-order chi connectivity index (χ0) is 18.1. The second-order valence-corrected chi connectivity index (χ2v) is 10.8. The van der Waals surface area contributed by atoms with Crippen molar-refractivity contribution < 1.29 is 16.8 Å². The Labute approximate surface area is 152 Å². The maximum absolute atomic E-state index is 12.9. The van der Waals surface area contributed by atoms with E-state index in [2.05, 4.69) is 5.32 Å². The summed E-state index contributed by atoms with van der Waals surface area (Å²) >= 11 is 5.85. The lowest BCUT2D eigenvalue weighted by Gasteiger charge is -2.20. The van der Waals surface area contributed by atoms with Crippen molar-refractivity contribution in [3.05, 3.63) is 65.2 Å². The second-order valence-electron chi connectivity index (χ2n) is 6.09. The van der Waals surface area contributed by atoms with Crippen LogP contribution < -0.4 is 5.32 Å². The number of hydrogen-bond donors (Lipinski definition) is 1. The largest absolute Gasteiger partial charge is 0.308 e. The third kappa shape index (κ3) is 4.23. The molecule has 2 aromatic rings. The van der Waals surface area contributed by atoms with Crippen molar-refractivity contribution in [3.63, 3.8) is 0 Å². The number of sulfone groups is 2. The maximum Gasteiger partial charge on any atom is 0.183 e. The fraction of sp³-hybridized carbons (Fsp3) is 0.294. The van der Waals surface area contributed by atoms with E-state index in [4.69, 9.17) is 11.6 Å². The molecule has 0 bridgehead atoms. The van der Waals surface area contributed by atoms with E-state index in [1.165, 1.54) is 12.1 Å². The van der Waals surface area contributed by atoms with Crippen LogP contribution in [0.1, 0.15) is 5.56 Å². The Morgan fingerprint density at radius 3 is 2.28 bits per heavy atom. The fourth-order valence-electron chi connectivity index (χ4n) is 2.95. The SMILES string of the molecule is O=S1(=O)C[C@H](NCc2ccc(Cl)cc2)[C@@H](S(=O)(=O)c2ccccc2)C1. The zero-order valence-electron chi connectivity index (χ0n) is 13.3. The molecule has 1 fully saturated rings. The molecule has 0 aromatic heterocycles. The second kappa shape index (κ2) is 7.07. The van der Waals surface area contributed by atoms with Gasteiger partial charge in [-0.1, -0.05) is 41.9 Å². The first-order valence-corrected chi connectivity index (χ1v) is 11.5. The molecule has 0 unspecified atom stereocenters. The summed E-state index contributed by atoms with van der Waals surface area (Å²) in [6, 6.07) is 14.4. The van der Waals surface area contributed by atoms with Crippen LogP contribution in [0.25, 0.3) is 0 Å². The Kier molecular flexibility index (Phi) is 5.20. The molecule has 8 heteroatoms. The van der Waals surface area contributed by atoms with E-state index in [-0.39, 0.29) is 16.4 Å². The van der Waals surface area contributed by atoms with Crippen molar-refractivity contribution in [2.75, 3.05) is 11.5 Å². The fourth-order valence-corrected chi connectivity index (χ4v) is 7.81. The first-order valence-electron chi connectivity index (χ1n) is 7.75. The van der Waals surface area contributed by atoms with Gasteiger partial charge < -0.3 is 5.32 Å². The van der Waals surface area contributed by atoms with Gasteiger partial charge in [-0.15, -0.1) is 0 Å². The van der Waals surface area contributed by atoms with Crippen LogP contribution in [0.3, 0.4) is 0 Å². The van der Waals surface area contributed by atoms with Gasteiger partial charge in [0.2, 0.25) is 0 Å². The molecule has 3 rings (SSSR count). The van der Waals surface area contributed by atoms with E-state index in [1.54, 1.807) is 30.3 Å². The topological polar surface area (TPSA) is 80.3 Å². The summed E-state index contributed by atoms with van der Waals surface area (Å²) in [6.45, 7) is 0.373. The molecule has 1 heterocycles. The minimum absolute atomic E-state index is 0.149. The van der Waals surface area contributed by atoms with Gasteiger partial charge in [0.15, 0.2) is 19.7 Å². The molecule has 0 radical (unpaired) electrons. The summed E-state index contributed by atoms with van der Waals surface area (Å²) in [7, 11) is -7.14. The van der Waals surface area contributed by atoms with Gasteiger partial charge in [-0.25, -0.2) is 16.8 Å². The van der Waals surface area contributed by atoms with E-state index < -0.39 is 31.0 Å². The molecule has 1 aliphatic heterocycles. The molecule has 5 nitrogen and oxygen atoms in total. The van der Waals surface area contributed by atoms with Crippen molar-refractivity contribution in [2.45, 2.75) is 22.7 Å². The van der Waals surface area contributed by atoms with Crippen LogP contribution in [-0.4, -0.2) is 39.6 Å². The Hall–Kier alpha value is -1.41. The number of rotatable bonds is 5. The zero-order valence-corrected chi connectivity index (χ0v) is 15.7. The molecular formula is C17H18ClNO4S2. The standard InChI is InChI=1S/C17H18ClNO4S2/c18-14-8-6-13(7-9-14)10-19-16-11-24(20,21)12-17(16)25(22,23)15-4-2-1-3-5-15/h1-9,16-17,19H,10-12H2/t16-,17-/m0/s1. The van der Waals surface area contributed by atoms with Crippen LogP contribution in [0.5, 0.6) is 0 Å². The van der Waals surface area contributed by atoms with Crippen LogP contribution in [0.2, 0.25) is 5.02 Å². The van der Waals surface area contributed by atoms with Crippen molar-refractivity contribution in [1.82, 2.24) is 5.32 Å². The minimum atomic E-state index is -3.73. The Morgan fingerprint density at radius 1 is 1.00 bits per heavy atom. The first-order chi connectivity index (χ1) is 11.8. The Balaban J connectivity index is 1.83. The predicted molar refractivity (Wildman–Crippen MR) is 98.1 cm³/mol. The van der Waals surface area contributed by atoms with Crippen molar-refractivity contribution in [2.24, 2.45) is 0 Å². The van der Waals surface area contributed by atoms with Gasteiger partial charge in [-0.3, -0.25) is 0 Å². The summed E-state index contributed by atoms with van der Waals surface area (Å²) in [5, 5.41) is 2.71. The number of hydrogen-bond acceptors (Lipinski definition) is 5. The van der Waals surface area contributed by atoms with E-state index in [0.717, 1.165) is 5.56 Å². The Morgan fingerprint density at radius 2 is 1.64 bits per heavy atom. The molecule has 0 aliphatic carbocycles. The quantitative estimate of drug-likeness (QED) is 0.832. The molecule has 25 heavy (non-hydrogen) atoms. The van der Waals surface area contributed by atoms with E-state index in [0.29, 0.717) is 11.6 Å². The van der Waals surface area contributed by atoms with Crippen LogP contribution in [0, 0.1) is 0 Å². The lowest BCUT2D eigenvalue weighted by atomic mass is 10.2. The smallest absolute Gasteiger partial charge is 0.183 e. The first kappa shape index (κ1) is 18.4. The summed E-state index contributed by atoms with van der Waals surface area (Å²) in [5.41, 5.74) is 0.907. The Bertz CT molecular complexity index is 942. The minimum Gasteiger partial charge on any atom is -0.308 e. The summed E-state index contributed by atoms with van der Waals surface area (Å²) < 4.78 is 49.9. The van der Waals surface area contributed by atoms with Crippen LogP contribution >= 0.6 is 11.6 Å². The molecule has 2 atom stereocenters. The van der Waals surface area contributed by atoms with Gasteiger partial charge in [0.1, 0.15) is 0 Å². The lowest BCUT2D eigenvalue weighted by Crippen LogP contribution is -2.43. The van der Waals surface area contributed by atoms with Gasteiger partial charge in [0.25, 0.3) is 0 Å². The molecular weight excluding hydrogens is 382 g/mol. The van der Waals surface area contributed by atoms with Crippen molar-refractivity contribution >= 4 is 31.3 Å². The van der Waals surface area contributed by atoms with Gasteiger partial charge in [0, 0.05) is 17.6 Å². The van der Waals surface area contributed by atoms with Gasteiger partial charge in [-0.2, -0.15) is 0 Å². The summed E-state index contributed by atoms with van der Waals surface area (Å²) in [5.74, 6) is -0.542. The number of halogens is 1. The van der Waals surface area contributed by atoms with Crippen molar-refractivity contribution in [1.29, 1.82) is 0 Å². The van der Waals surface area contributed by atoms with E-state index in [9.17, 15) is 16.8 Å². The van der Waals surface area contributed by atoms with Gasteiger partial charge in [0.05, 0.1) is 21.7 Å². The van der Waals surface area contributed by atoms with E-state index in [1.807, 2.05) is 12.1 Å². The highest BCUT2D eigenvalue weighted by molar-refractivity contribution is 7.96. The molecule has 0 spiro atoms. The molecule has 1 aliphatic rings. The summed E-state index contributed by atoms with van der Waals surface area (Å²) in [6.07, 6.45) is 0. The normalized spacial score (nSPS) is 22.8. The molecule has 0 amide bonds. The molecule has 2 aromatic carbocycles. The molecule has 134 valence electrons. The van der Waals surface area contributed by atoms with Crippen LogP contribution in [0.4, 0.5) is 0 Å². The lowest BCUT2D eigenvalue weighted by molar-refractivity contribution is 0.526. The van der Waals surface area contributed by atoms with Gasteiger partial charge in [-0.05, 0) is 29.8 Å². The van der Waals surface area contributed by atoms with Gasteiger partial charge >= 0.3 is 0 Å². The highest BCUT2D eigenvalue weighted by Crippen LogP contribution is 2.26.